The summed E-state index contributed by atoms with van der Waals surface area (Å²) >= 11 is 21.2. The summed E-state index contributed by atoms with van der Waals surface area (Å²) in [5, 5.41) is 4.31. The van der Waals surface area contributed by atoms with Crippen LogP contribution in [0, 0.1) is 6.92 Å². The smallest absolute Gasteiger partial charge is 0.228 e. The van der Waals surface area contributed by atoms with Gasteiger partial charge in [0, 0.05) is 9.50 Å². The van der Waals surface area contributed by atoms with Crippen LogP contribution in [0.4, 0.5) is 5.69 Å². The van der Waals surface area contributed by atoms with Gasteiger partial charge in [0.15, 0.2) is 0 Å². The second kappa shape index (κ2) is 7.01. The molecule has 0 heterocycles. The Kier molecular flexibility index (Phi) is 5.55. The maximum absolute atomic E-state index is 12.1. The van der Waals surface area contributed by atoms with Gasteiger partial charge in [-0.2, -0.15) is 0 Å². The van der Waals surface area contributed by atoms with Gasteiger partial charge in [-0.1, -0.05) is 40.9 Å². The topological polar surface area (TPSA) is 29.1 Å². The molecule has 0 aliphatic carbocycles. The van der Waals surface area contributed by atoms with E-state index in [9.17, 15) is 4.79 Å². The number of halogens is 4. The minimum Gasteiger partial charge on any atom is -0.325 e. The van der Waals surface area contributed by atoms with Crippen molar-refractivity contribution in [2.45, 2.75) is 13.3 Å². The maximum atomic E-state index is 12.1. The van der Waals surface area contributed by atoms with Crippen molar-refractivity contribution in [3.8, 4) is 0 Å². The molecule has 21 heavy (non-hydrogen) atoms. The average molecular weight is 408 g/mol. The van der Waals surface area contributed by atoms with Crippen LogP contribution < -0.4 is 5.32 Å². The first kappa shape index (κ1) is 16.6. The van der Waals surface area contributed by atoms with Crippen molar-refractivity contribution in [2.24, 2.45) is 0 Å². The highest BCUT2D eigenvalue weighted by atomic mass is 79.9. The largest absolute Gasteiger partial charge is 0.325 e. The van der Waals surface area contributed by atoms with Crippen molar-refractivity contribution >= 4 is 62.3 Å². The fraction of sp³-hybridized carbons (Fsp3) is 0.133. The normalized spacial score (nSPS) is 10.5. The van der Waals surface area contributed by atoms with Crippen LogP contribution in [0.2, 0.25) is 15.1 Å². The maximum Gasteiger partial charge on any atom is 0.228 e. The van der Waals surface area contributed by atoms with E-state index in [2.05, 4.69) is 21.2 Å². The quantitative estimate of drug-likeness (QED) is 0.674. The number of rotatable bonds is 3. The third-order valence-electron chi connectivity index (χ3n) is 2.87. The Labute approximate surface area is 146 Å². The Hall–Kier alpha value is -0.740. The Morgan fingerprint density at radius 3 is 2.48 bits per heavy atom. The Morgan fingerprint density at radius 1 is 1.10 bits per heavy atom. The molecule has 6 heteroatoms. The molecule has 0 fully saturated rings. The Morgan fingerprint density at radius 2 is 1.81 bits per heavy atom. The lowest BCUT2D eigenvalue weighted by Gasteiger charge is -2.10. The summed E-state index contributed by atoms with van der Waals surface area (Å²) in [6, 6.07) is 8.70. The summed E-state index contributed by atoms with van der Waals surface area (Å²) in [6.45, 7) is 1.90. The molecule has 0 atom stereocenters. The number of anilines is 1. The molecular formula is C15H11BrCl3NO. The Balaban J connectivity index is 2.11. The van der Waals surface area contributed by atoms with Gasteiger partial charge in [0.1, 0.15) is 0 Å². The molecule has 0 unspecified atom stereocenters. The number of nitrogens with one attached hydrogen (secondary N) is 1. The average Bonchev–Trinajstić information content (AvgIpc) is 2.40. The SMILES string of the molecule is Cc1cc(Br)c(NC(=O)Cc2ccc(Cl)c(Cl)c2)cc1Cl. The lowest BCUT2D eigenvalue weighted by Crippen LogP contribution is -2.14. The van der Waals surface area contributed by atoms with Crippen molar-refractivity contribution in [1.82, 2.24) is 0 Å². The summed E-state index contributed by atoms with van der Waals surface area (Å²) in [6.07, 6.45) is 0.203. The minimum atomic E-state index is -0.158. The second-order valence-corrected chi connectivity index (χ2v) is 6.63. The molecule has 0 aliphatic heterocycles. The minimum absolute atomic E-state index is 0.158. The van der Waals surface area contributed by atoms with Crippen molar-refractivity contribution in [1.29, 1.82) is 0 Å². The van der Waals surface area contributed by atoms with Gasteiger partial charge >= 0.3 is 0 Å². The summed E-state index contributed by atoms with van der Waals surface area (Å²) in [4.78, 5) is 12.1. The highest BCUT2D eigenvalue weighted by Crippen LogP contribution is 2.29. The first-order chi connectivity index (χ1) is 9.86. The van der Waals surface area contributed by atoms with E-state index in [1.165, 1.54) is 0 Å². The number of carbonyl (C=O) groups excluding carboxylic acids is 1. The molecule has 110 valence electrons. The standard InChI is InChI=1S/C15H11BrCl3NO/c1-8-4-10(16)14(7-12(8)18)20-15(21)6-9-2-3-11(17)13(19)5-9/h2-5,7H,6H2,1H3,(H,20,21). The van der Waals surface area contributed by atoms with E-state index in [1.807, 2.05) is 13.0 Å². The molecule has 1 N–H and O–H groups in total. The van der Waals surface area contributed by atoms with Crippen molar-refractivity contribution < 1.29 is 4.79 Å². The van der Waals surface area contributed by atoms with Crippen LogP contribution >= 0.6 is 50.7 Å². The van der Waals surface area contributed by atoms with Crippen LogP contribution in [-0.2, 0) is 11.2 Å². The molecule has 0 aromatic heterocycles. The number of amides is 1. The van der Waals surface area contributed by atoms with Crippen LogP contribution in [0.3, 0.4) is 0 Å². The molecule has 0 spiro atoms. The number of hydrogen-bond acceptors (Lipinski definition) is 1. The fourth-order valence-corrected chi connectivity index (χ4v) is 2.81. The summed E-state index contributed by atoms with van der Waals surface area (Å²) in [5.41, 5.74) is 2.36. The molecule has 0 saturated carbocycles. The third kappa shape index (κ3) is 4.36. The molecule has 0 radical (unpaired) electrons. The van der Waals surface area contributed by atoms with E-state index in [1.54, 1.807) is 24.3 Å². The lowest BCUT2D eigenvalue weighted by molar-refractivity contribution is -0.115. The molecule has 2 nitrogen and oxygen atoms in total. The van der Waals surface area contributed by atoms with Crippen LogP contribution in [0.15, 0.2) is 34.8 Å². The van der Waals surface area contributed by atoms with Gasteiger partial charge in [0.25, 0.3) is 0 Å². The van der Waals surface area contributed by atoms with E-state index in [0.717, 1.165) is 15.6 Å². The number of benzene rings is 2. The van der Waals surface area contributed by atoms with Gasteiger partial charge in [-0.05, 0) is 58.2 Å². The molecule has 1 amide bonds. The van der Waals surface area contributed by atoms with E-state index >= 15 is 0 Å². The van der Waals surface area contributed by atoms with Crippen LogP contribution in [0.25, 0.3) is 0 Å². The van der Waals surface area contributed by atoms with Gasteiger partial charge in [-0.15, -0.1) is 0 Å². The first-order valence-corrected chi connectivity index (χ1v) is 7.99. The molecule has 0 aliphatic rings. The molecule has 2 aromatic carbocycles. The highest BCUT2D eigenvalue weighted by Gasteiger charge is 2.10. The van der Waals surface area contributed by atoms with Crippen molar-refractivity contribution in [3.63, 3.8) is 0 Å². The monoisotopic (exact) mass is 405 g/mol. The molecule has 0 bridgehead atoms. The molecule has 2 rings (SSSR count). The van der Waals surface area contributed by atoms with E-state index in [4.69, 9.17) is 34.8 Å². The number of aryl methyl sites for hydroxylation is 1. The van der Waals surface area contributed by atoms with Crippen LogP contribution in [0.1, 0.15) is 11.1 Å². The molecular weight excluding hydrogens is 396 g/mol. The first-order valence-electron chi connectivity index (χ1n) is 6.06. The van der Waals surface area contributed by atoms with E-state index in [-0.39, 0.29) is 12.3 Å². The Bertz CT molecular complexity index is 704. The van der Waals surface area contributed by atoms with Gasteiger partial charge in [0.2, 0.25) is 5.91 Å². The summed E-state index contributed by atoms with van der Waals surface area (Å²) in [7, 11) is 0. The van der Waals surface area contributed by atoms with Gasteiger partial charge in [-0.25, -0.2) is 0 Å². The summed E-state index contributed by atoms with van der Waals surface area (Å²) in [5.74, 6) is -0.158. The van der Waals surface area contributed by atoms with Gasteiger partial charge < -0.3 is 5.32 Å². The zero-order chi connectivity index (χ0) is 15.6. The van der Waals surface area contributed by atoms with Crippen LogP contribution in [0.5, 0.6) is 0 Å². The van der Waals surface area contributed by atoms with E-state index in [0.29, 0.717) is 20.8 Å². The third-order valence-corrected chi connectivity index (χ3v) is 4.67. The molecule has 0 saturated heterocycles. The predicted molar refractivity (Wildman–Crippen MR) is 92.7 cm³/mol. The van der Waals surface area contributed by atoms with Crippen LogP contribution in [-0.4, -0.2) is 5.91 Å². The van der Waals surface area contributed by atoms with Gasteiger partial charge in [-0.3, -0.25) is 4.79 Å². The zero-order valence-electron chi connectivity index (χ0n) is 11.0. The predicted octanol–water partition coefficient (Wildman–Crippen LogP) is 5.90. The van der Waals surface area contributed by atoms with Gasteiger partial charge in [0.05, 0.1) is 22.2 Å². The fourth-order valence-electron chi connectivity index (χ4n) is 1.77. The highest BCUT2D eigenvalue weighted by molar-refractivity contribution is 9.10. The molecule has 2 aromatic rings. The zero-order valence-corrected chi connectivity index (χ0v) is 14.9. The van der Waals surface area contributed by atoms with Crippen molar-refractivity contribution in [3.05, 3.63) is 61.0 Å². The summed E-state index contributed by atoms with van der Waals surface area (Å²) < 4.78 is 0.784. The van der Waals surface area contributed by atoms with E-state index < -0.39 is 0 Å². The lowest BCUT2D eigenvalue weighted by atomic mass is 10.1. The second-order valence-electron chi connectivity index (χ2n) is 4.55. The number of carbonyl (C=O) groups is 1. The van der Waals surface area contributed by atoms with Crippen molar-refractivity contribution in [2.75, 3.05) is 5.32 Å². The number of hydrogen-bond donors (Lipinski definition) is 1.